The normalized spacial score (nSPS) is 40.0. The van der Waals surface area contributed by atoms with Crippen LogP contribution in [0.4, 0.5) is 5.69 Å². The molecule has 0 heterocycles. The first-order valence-corrected chi connectivity index (χ1v) is 8.98. The molecule has 0 aromatic heterocycles. The molecule has 2 heteroatoms. The molecule has 0 saturated heterocycles. The molecule has 2 unspecified atom stereocenters. The van der Waals surface area contributed by atoms with E-state index in [2.05, 4.69) is 50.4 Å². The lowest BCUT2D eigenvalue weighted by molar-refractivity contribution is -0.0107. The van der Waals surface area contributed by atoms with Gasteiger partial charge >= 0.3 is 0 Å². The van der Waals surface area contributed by atoms with Crippen molar-refractivity contribution in [3.8, 4) is 0 Å². The predicted octanol–water partition coefficient (Wildman–Crippen LogP) is 4.30. The number of hydrogen-bond acceptors (Lipinski definition) is 2. The van der Waals surface area contributed by atoms with Gasteiger partial charge in [-0.2, -0.15) is 0 Å². The van der Waals surface area contributed by atoms with Gasteiger partial charge in [0.25, 0.3) is 0 Å². The number of anilines is 1. The average Bonchev–Trinajstić information content (AvgIpc) is 2.40. The maximum Gasteiger partial charge on any atom is 0.0342 e. The molecule has 4 bridgehead atoms. The molecule has 2 atom stereocenters. The Labute approximate surface area is 134 Å². The summed E-state index contributed by atoms with van der Waals surface area (Å²) < 4.78 is 0. The third-order valence-corrected chi connectivity index (χ3v) is 6.40. The van der Waals surface area contributed by atoms with Gasteiger partial charge in [-0.05, 0) is 73.0 Å². The lowest BCUT2D eigenvalue weighted by atomic mass is 9.51. The van der Waals surface area contributed by atoms with E-state index in [0.717, 1.165) is 17.8 Å². The van der Waals surface area contributed by atoms with Gasteiger partial charge < -0.3 is 11.1 Å². The highest BCUT2D eigenvalue weighted by Crippen LogP contribution is 2.55. The van der Waals surface area contributed by atoms with Crippen LogP contribution in [0.3, 0.4) is 0 Å². The van der Waals surface area contributed by atoms with Crippen LogP contribution in [-0.4, -0.2) is 11.6 Å². The molecule has 0 spiro atoms. The summed E-state index contributed by atoms with van der Waals surface area (Å²) in [6.45, 7) is 6.82. The van der Waals surface area contributed by atoms with Crippen molar-refractivity contribution in [2.24, 2.45) is 23.5 Å². The van der Waals surface area contributed by atoms with Crippen molar-refractivity contribution in [3.63, 3.8) is 0 Å². The maximum atomic E-state index is 6.62. The lowest BCUT2D eigenvalue weighted by Gasteiger charge is -2.59. The highest BCUT2D eigenvalue weighted by atomic mass is 15.0. The minimum Gasteiger partial charge on any atom is -0.382 e. The Balaban J connectivity index is 1.50. The molecule has 3 N–H and O–H groups in total. The van der Waals surface area contributed by atoms with Crippen LogP contribution in [0.5, 0.6) is 0 Å². The minimum atomic E-state index is 0.171. The van der Waals surface area contributed by atoms with E-state index in [1.165, 1.54) is 43.4 Å². The number of nitrogens with one attached hydrogen (secondary N) is 1. The molecule has 120 valence electrons. The Morgan fingerprint density at radius 3 is 2.09 bits per heavy atom. The van der Waals surface area contributed by atoms with Gasteiger partial charge in [-0.1, -0.05) is 32.9 Å². The molecular weight excluding hydrogens is 268 g/mol. The summed E-state index contributed by atoms with van der Waals surface area (Å²) in [5.74, 6) is 2.49. The van der Waals surface area contributed by atoms with Crippen molar-refractivity contribution in [1.82, 2.24) is 0 Å². The van der Waals surface area contributed by atoms with E-state index < -0.39 is 0 Å². The zero-order valence-corrected chi connectivity index (χ0v) is 14.2. The second-order valence-corrected chi connectivity index (χ2v) is 9.33. The molecule has 0 radical (unpaired) electrons. The standard InChI is InChI=1S/C20H30N2/c1-19(2,3)16-4-6-17(7-5-16)22-18-14-8-13-9-15(18)12-20(21,10-13)11-14/h4-7,13-15,18,22H,8-12,21H2,1-3H3. The van der Waals surface area contributed by atoms with E-state index in [1.807, 2.05) is 0 Å². The fourth-order valence-electron chi connectivity index (χ4n) is 5.58. The first-order valence-electron chi connectivity index (χ1n) is 8.98. The second-order valence-electron chi connectivity index (χ2n) is 9.33. The van der Waals surface area contributed by atoms with Crippen LogP contribution in [0.15, 0.2) is 24.3 Å². The zero-order valence-electron chi connectivity index (χ0n) is 14.2. The molecule has 4 aliphatic rings. The van der Waals surface area contributed by atoms with Gasteiger partial charge in [0.15, 0.2) is 0 Å². The quantitative estimate of drug-likeness (QED) is 0.854. The summed E-state index contributed by atoms with van der Waals surface area (Å²) in [6.07, 6.45) is 6.54. The summed E-state index contributed by atoms with van der Waals surface area (Å²) in [5.41, 5.74) is 9.71. The SMILES string of the molecule is CC(C)(C)c1ccc(NC2C3CC4CC2CC(N)(C4)C3)cc1. The fourth-order valence-corrected chi connectivity index (χ4v) is 5.58. The Morgan fingerprint density at radius 1 is 1.00 bits per heavy atom. The van der Waals surface area contributed by atoms with Crippen molar-refractivity contribution in [2.75, 3.05) is 5.32 Å². The Morgan fingerprint density at radius 2 is 1.59 bits per heavy atom. The van der Waals surface area contributed by atoms with Gasteiger partial charge in [0.05, 0.1) is 0 Å². The van der Waals surface area contributed by atoms with Crippen molar-refractivity contribution in [1.29, 1.82) is 0 Å². The van der Waals surface area contributed by atoms with Crippen LogP contribution < -0.4 is 11.1 Å². The highest BCUT2D eigenvalue weighted by molar-refractivity contribution is 5.47. The van der Waals surface area contributed by atoms with E-state index >= 15 is 0 Å². The van der Waals surface area contributed by atoms with Crippen molar-refractivity contribution in [2.45, 2.75) is 69.9 Å². The van der Waals surface area contributed by atoms with Gasteiger partial charge in [0.1, 0.15) is 0 Å². The van der Waals surface area contributed by atoms with Crippen LogP contribution in [-0.2, 0) is 5.41 Å². The number of hydrogen-bond donors (Lipinski definition) is 2. The average molecular weight is 298 g/mol. The third-order valence-electron chi connectivity index (χ3n) is 6.40. The smallest absolute Gasteiger partial charge is 0.0342 e. The van der Waals surface area contributed by atoms with Crippen LogP contribution in [0.25, 0.3) is 0 Å². The number of nitrogens with two attached hydrogens (primary N) is 1. The Kier molecular flexibility index (Phi) is 3.14. The van der Waals surface area contributed by atoms with E-state index in [1.54, 1.807) is 0 Å². The van der Waals surface area contributed by atoms with Crippen LogP contribution >= 0.6 is 0 Å². The summed E-state index contributed by atoms with van der Waals surface area (Å²) in [6, 6.07) is 9.74. The van der Waals surface area contributed by atoms with Gasteiger partial charge in [0, 0.05) is 17.3 Å². The summed E-state index contributed by atoms with van der Waals surface area (Å²) >= 11 is 0. The first-order chi connectivity index (χ1) is 10.3. The molecule has 4 fully saturated rings. The highest BCUT2D eigenvalue weighted by Gasteiger charge is 2.53. The van der Waals surface area contributed by atoms with E-state index in [4.69, 9.17) is 5.73 Å². The number of benzene rings is 1. The monoisotopic (exact) mass is 298 g/mol. The van der Waals surface area contributed by atoms with E-state index in [-0.39, 0.29) is 11.0 Å². The summed E-state index contributed by atoms with van der Waals surface area (Å²) in [4.78, 5) is 0. The summed E-state index contributed by atoms with van der Waals surface area (Å²) in [5, 5.41) is 3.86. The van der Waals surface area contributed by atoms with Crippen molar-refractivity contribution >= 4 is 5.69 Å². The second kappa shape index (κ2) is 4.74. The van der Waals surface area contributed by atoms with Crippen molar-refractivity contribution in [3.05, 3.63) is 29.8 Å². The molecule has 1 aromatic rings. The van der Waals surface area contributed by atoms with E-state index in [9.17, 15) is 0 Å². The van der Waals surface area contributed by atoms with Crippen LogP contribution in [0.1, 0.15) is 58.4 Å². The topological polar surface area (TPSA) is 38.0 Å². The summed E-state index contributed by atoms with van der Waals surface area (Å²) in [7, 11) is 0. The van der Waals surface area contributed by atoms with E-state index in [0.29, 0.717) is 6.04 Å². The molecule has 0 aliphatic heterocycles. The Bertz CT molecular complexity index is 538. The maximum absolute atomic E-state index is 6.62. The Hall–Kier alpha value is -1.02. The fraction of sp³-hybridized carbons (Fsp3) is 0.700. The predicted molar refractivity (Wildman–Crippen MR) is 93.0 cm³/mol. The lowest BCUT2D eigenvalue weighted by Crippen LogP contribution is -2.62. The number of rotatable bonds is 2. The largest absolute Gasteiger partial charge is 0.382 e. The van der Waals surface area contributed by atoms with Crippen LogP contribution in [0, 0.1) is 17.8 Å². The molecule has 0 amide bonds. The van der Waals surface area contributed by atoms with Crippen molar-refractivity contribution < 1.29 is 0 Å². The van der Waals surface area contributed by atoms with Gasteiger partial charge in [0.2, 0.25) is 0 Å². The minimum absolute atomic E-state index is 0.171. The van der Waals surface area contributed by atoms with Gasteiger partial charge in [-0.15, -0.1) is 0 Å². The molecular formula is C20H30N2. The molecule has 1 aromatic carbocycles. The van der Waals surface area contributed by atoms with Crippen LogP contribution in [0.2, 0.25) is 0 Å². The molecule has 22 heavy (non-hydrogen) atoms. The molecule has 5 rings (SSSR count). The molecule has 4 saturated carbocycles. The van der Waals surface area contributed by atoms with Gasteiger partial charge in [-0.25, -0.2) is 0 Å². The third kappa shape index (κ3) is 2.46. The van der Waals surface area contributed by atoms with Gasteiger partial charge in [-0.3, -0.25) is 0 Å². The molecule has 4 aliphatic carbocycles. The zero-order chi connectivity index (χ0) is 15.5. The first kappa shape index (κ1) is 14.6. The molecule has 2 nitrogen and oxygen atoms in total.